The maximum atomic E-state index is 5.80. The fourth-order valence-electron chi connectivity index (χ4n) is 2.68. The van der Waals surface area contributed by atoms with E-state index in [4.69, 9.17) is 13.9 Å². The van der Waals surface area contributed by atoms with E-state index in [1.54, 1.807) is 26.0 Å². The number of methoxy groups -OCH3 is 2. The second-order valence-corrected chi connectivity index (χ2v) is 6.69. The lowest BCUT2D eigenvalue weighted by Crippen LogP contribution is -2.03. The first-order valence-electron chi connectivity index (χ1n) is 8.79. The summed E-state index contributed by atoms with van der Waals surface area (Å²) in [7, 11) is 3.19. The van der Waals surface area contributed by atoms with Gasteiger partial charge in [-0.15, -0.1) is 20.4 Å². The van der Waals surface area contributed by atoms with Crippen molar-refractivity contribution in [2.24, 2.45) is 0 Å². The first kappa shape index (κ1) is 19.2. The van der Waals surface area contributed by atoms with E-state index in [2.05, 4.69) is 38.8 Å². The number of ether oxygens (including phenoxy) is 2. The fraction of sp³-hybridized carbons (Fsp3) is 0.444. The van der Waals surface area contributed by atoms with E-state index >= 15 is 0 Å². The molecule has 0 saturated heterocycles. The molecule has 0 aliphatic rings. The van der Waals surface area contributed by atoms with Crippen LogP contribution in [0, 0.1) is 0 Å². The van der Waals surface area contributed by atoms with Gasteiger partial charge >= 0.3 is 0 Å². The zero-order valence-electron chi connectivity index (χ0n) is 15.9. The van der Waals surface area contributed by atoms with Gasteiger partial charge in [-0.25, -0.2) is 0 Å². The van der Waals surface area contributed by atoms with Crippen molar-refractivity contribution in [2.45, 2.75) is 44.1 Å². The number of nitrogens with zero attached hydrogens (tertiary/aromatic N) is 5. The van der Waals surface area contributed by atoms with Gasteiger partial charge in [-0.05, 0) is 31.5 Å². The molecule has 0 aliphatic carbocycles. The van der Waals surface area contributed by atoms with Gasteiger partial charge in [0.2, 0.25) is 11.8 Å². The molecule has 3 aromatic rings. The van der Waals surface area contributed by atoms with Gasteiger partial charge < -0.3 is 18.5 Å². The molecule has 27 heavy (non-hydrogen) atoms. The zero-order chi connectivity index (χ0) is 19.2. The SMILES string of the molecule is CCCc1nnc(SCc2nnc(-c3ccc(OC)c(OC)c3)o2)n1CC. The molecule has 0 bridgehead atoms. The molecule has 0 aliphatic heterocycles. The summed E-state index contributed by atoms with van der Waals surface area (Å²) in [5.74, 6) is 3.79. The van der Waals surface area contributed by atoms with Crippen LogP contribution in [0.5, 0.6) is 11.5 Å². The summed E-state index contributed by atoms with van der Waals surface area (Å²) in [6, 6.07) is 5.48. The number of benzene rings is 1. The van der Waals surface area contributed by atoms with Gasteiger partial charge in [0, 0.05) is 18.5 Å². The van der Waals surface area contributed by atoms with Crippen LogP contribution in [0.3, 0.4) is 0 Å². The molecule has 3 rings (SSSR count). The first-order valence-corrected chi connectivity index (χ1v) is 9.78. The third kappa shape index (κ3) is 4.24. The predicted octanol–water partition coefficient (Wildman–Crippen LogP) is 3.61. The van der Waals surface area contributed by atoms with Crippen LogP contribution in [0.1, 0.15) is 32.0 Å². The summed E-state index contributed by atoms with van der Waals surface area (Å²) in [4.78, 5) is 0. The third-order valence-corrected chi connectivity index (χ3v) is 4.96. The van der Waals surface area contributed by atoms with E-state index < -0.39 is 0 Å². The summed E-state index contributed by atoms with van der Waals surface area (Å²) in [6.07, 6.45) is 1.96. The van der Waals surface area contributed by atoms with Crippen LogP contribution in [0.4, 0.5) is 0 Å². The number of hydrogen-bond donors (Lipinski definition) is 0. The molecule has 8 nitrogen and oxygen atoms in total. The van der Waals surface area contributed by atoms with Crippen LogP contribution >= 0.6 is 11.8 Å². The molecule has 0 spiro atoms. The Morgan fingerprint density at radius 3 is 2.56 bits per heavy atom. The van der Waals surface area contributed by atoms with Crippen LogP contribution in [0.2, 0.25) is 0 Å². The van der Waals surface area contributed by atoms with E-state index in [1.165, 1.54) is 0 Å². The highest BCUT2D eigenvalue weighted by atomic mass is 32.2. The highest BCUT2D eigenvalue weighted by Crippen LogP contribution is 2.32. The Morgan fingerprint density at radius 2 is 1.85 bits per heavy atom. The Labute approximate surface area is 162 Å². The minimum Gasteiger partial charge on any atom is -0.493 e. The largest absolute Gasteiger partial charge is 0.493 e. The Bertz CT molecular complexity index is 893. The maximum Gasteiger partial charge on any atom is 0.247 e. The molecular formula is C18H23N5O3S. The average Bonchev–Trinajstić information content (AvgIpc) is 3.32. The minimum absolute atomic E-state index is 0.440. The lowest BCUT2D eigenvalue weighted by Gasteiger charge is -2.07. The van der Waals surface area contributed by atoms with Crippen molar-refractivity contribution in [1.29, 1.82) is 0 Å². The van der Waals surface area contributed by atoms with Crippen molar-refractivity contribution < 1.29 is 13.9 Å². The van der Waals surface area contributed by atoms with Gasteiger partial charge in [0.25, 0.3) is 0 Å². The molecular weight excluding hydrogens is 366 g/mol. The fourth-order valence-corrected chi connectivity index (χ4v) is 3.53. The molecule has 0 radical (unpaired) electrons. The van der Waals surface area contributed by atoms with Crippen LogP contribution in [-0.4, -0.2) is 39.2 Å². The van der Waals surface area contributed by atoms with Crippen LogP contribution in [0.15, 0.2) is 27.8 Å². The van der Waals surface area contributed by atoms with E-state index in [-0.39, 0.29) is 0 Å². The van der Waals surface area contributed by atoms with Crippen molar-refractivity contribution >= 4 is 11.8 Å². The van der Waals surface area contributed by atoms with Gasteiger partial charge in [0.15, 0.2) is 16.7 Å². The van der Waals surface area contributed by atoms with Crippen LogP contribution < -0.4 is 9.47 Å². The van der Waals surface area contributed by atoms with Crippen molar-refractivity contribution in [1.82, 2.24) is 25.0 Å². The zero-order valence-corrected chi connectivity index (χ0v) is 16.7. The van der Waals surface area contributed by atoms with Crippen molar-refractivity contribution in [2.75, 3.05) is 14.2 Å². The van der Waals surface area contributed by atoms with Gasteiger partial charge in [-0.1, -0.05) is 18.7 Å². The standard InChI is InChI=1S/C18H23N5O3S/c1-5-7-15-19-22-18(23(15)6-2)27-11-16-20-21-17(26-16)12-8-9-13(24-3)14(10-12)25-4/h8-10H,5-7,11H2,1-4H3. The smallest absolute Gasteiger partial charge is 0.247 e. The quantitative estimate of drug-likeness (QED) is 0.513. The number of hydrogen-bond acceptors (Lipinski definition) is 8. The summed E-state index contributed by atoms with van der Waals surface area (Å²) in [5.41, 5.74) is 0.776. The van der Waals surface area contributed by atoms with E-state index in [9.17, 15) is 0 Å². The van der Waals surface area contributed by atoms with Gasteiger partial charge in [-0.2, -0.15) is 0 Å². The monoisotopic (exact) mass is 389 g/mol. The molecule has 9 heteroatoms. The molecule has 0 atom stereocenters. The molecule has 0 unspecified atom stereocenters. The molecule has 144 valence electrons. The van der Waals surface area contributed by atoms with E-state index in [1.807, 2.05) is 18.2 Å². The molecule has 1 aromatic carbocycles. The Morgan fingerprint density at radius 1 is 1.04 bits per heavy atom. The average molecular weight is 389 g/mol. The van der Waals surface area contributed by atoms with E-state index in [0.29, 0.717) is 29.0 Å². The number of rotatable bonds is 9. The summed E-state index contributed by atoms with van der Waals surface area (Å²) in [5, 5.41) is 17.7. The maximum absolute atomic E-state index is 5.80. The summed E-state index contributed by atoms with van der Waals surface area (Å²) < 4.78 is 18.5. The Kier molecular flexibility index (Phi) is 6.33. The number of thioether (sulfide) groups is 1. The summed E-state index contributed by atoms with van der Waals surface area (Å²) in [6.45, 7) is 5.06. The lowest BCUT2D eigenvalue weighted by atomic mass is 10.2. The Hall–Kier alpha value is -2.55. The van der Waals surface area contributed by atoms with Gasteiger partial charge in [-0.3, -0.25) is 0 Å². The molecule has 0 fully saturated rings. The van der Waals surface area contributed by atoms with Gasteiger partial charge in [0.1, 0.15) is 5.82 Å². The lowest BCUT2D eigenvalue weighted by molar-refractivity contribution is 0.355. The topological polar surface area (TPSA) is 88.1 Å². The second kappa shape index (κ2) is 8.90. The van der Waals surface area contributed by atoms with Crippen molar-refractivity contribution in [3.05, 3.63) is 29.9 Å². The molecule has 0 N–H and O–H groups in total. The second-order valence-electron chi connectivity index (χ2n) is 5.75. The molecule has 2 aromatic heterocycles. The first-order chi connectivity index (χ1) is 13.2. The highest BCUT2D eigenvalue weighted by Gasteiger charge is 2.15. The number of aryl methyl sites for hydroxylation is 1. The van der Waals surface area contributed by atoms with E-state index in [0.717, 1.165) is 35.9 Å². The molecule has 2 heterocycles. The summed E-state index contributed by atoms with van der Waals surface area (Å²) >= 11 is 1.54. The number of aromatic nitrogens is 5. The molecule has 0 amide bonds. The Balaban J connectivity index is 1.72. The predicted molar refractivity (Wildman–Crippen MR) is 102 cm³/mol. The van der Waals surface area contributed by atoms with Crippen LogP contribution in [0.25, 0.3) is 11.5 Å². The van der Waals surface area contributed by atoms with Gasteiger partial charge in [0.05, 0.1) is 20.0 Å². The van der Waals surface area contributed by atoms with Crippen LogP contribution in [-0.2, 0) is 18.7 Å². The minimum atomic E-state index is 0.440. The van der Waals surface area contributed by atoms with Crippen molar-refractivity contribution in [3.8, 4) is 23.0 Å². The molecule has 0 saturated carbocycles. The third-order valence-electron chi connectivity index (χ3n) is 4.01. The normalized spacial score (nSPS) is 11.0. The van der Waals surface area contributed by atoms with Crippen molar-refractivity contribution in [3.63, 3.8) is 0 Å². The highest BCUT2D eigenvalue weighted by molar-refractivity contribution is 7.98.